The molecule has 2 atom stereocenters. The molecule has 3 heterocycles. The van der Waals surface area contributed by atoms with Crippen molar-refractivity contribution in [1.29, 1.82) is 0 Å². The quantitative estimate of drug-likeness (QED) is 0.911. The Labute approximate surface area is 140 Å². The molecule has 2 aliphatic rings. The van der Waals surface area contributed by atoms with Crippen molar-refractivity contribution in [2.45, 2.75) is 51.2 Å². The SMILES string of the molecule is CC(COC1CCOC1)Nc1ncnc2sc3c(c12)CCCC3. The highest BCUT2D eigenvalue weighted by molar-refractivity contribution is 7.19. The summed E-state index contributed by atoms with van der Waals surface area (Å²) in [7, 11) is 0. The van der Waals surface area contributed by atoms with Crippen molar-refractivity contribution in [3.63, 3.8) is 0 Å². The van der Waals surface area contributed by atoms with Gasteiger partial charge < -0.3 is 14.8 Å². The predicted molar refractivity (Wildman–Crippen MR) is 92.3 cm³/mol. The summed E-state index contributed by atoms with van der Waals surface area (Å²) in [6.45, 7) is 4.36. The van der Waals surface area contributed by atoms with Crippen LogP contribution in [0.4, 0.5) is 5.82 Å². The molecule has 0 radical (unpaired) electrons. The Bertz CT molecular complexity index is 682. The van der Waals surface area contributed by atoms with E-state index in [0.717, 1.165) is 36.7 Å². The minimum Gasteiger partial charge on any atom is -0.379 e. The topological polar surface area (TPSA) is 56.3 Å². The summed E-state index contributed by atoms with van der Waals surface area (Å²) in [5, 5.41) is 4.77. The highest BCUT2D eigenvalue weighted by Gasteiger charge is 2.21. The number of anilines is 1. The Morgan fingerprint density at radius 2 is 2.30 bits per heavy atom. The summed E-state index contributed by atoms with van der Waals surface area (Å²) >= 11 is 1.84. The highest BCUT2D eigenvalue weighted by atomic mass is 32.1. The van der Waals surface area contributed by atoms with Crippen LogP contribution in [0.1, 0.15) is 36.6 Å². The van der Waals surface area contributed by atoms with Gasteiger partial charge in [0.25, 0.3) is 0 Å². The molecule has 1 aliphatic carbocycles. The third-order valence-electron chi connectivity index (χ3n) is 4.60. The van der Waals surface area contributed by atoms with Gasteiger partial charge in [0.15, 0.2) is 0 Å². The number of thiophene rings is 1. The highest BCUT2D eigenvalue weighted by Crippen LogP contribution is 2.38. The molecule has 124 valence electrons. The molecule has 1 aliphatic heterocycles. The Kier molecular flexibility index (Phi) is 4.46. The van der Waals surface area contributed by atoms with E-state index in [1.165, 1.54) is 35.1 Å². The lowest BCUT2D eigenvalue weighted by atomic mass is 9.97. The van der Waals surface area contributed by atoms with Crippen molar-refractivity contribution in [3.05, 3.63) is 16.8 Å². The smallest absolute Gasteiger partial charge is 0.138 e. The van der Waals surface area contributed by atoms with Crippen LogP contribution in [0.2, 0.25) is 0 Å². The van der Waals surface area contributed by atoms with Crippen LogP contribution in [-0.2, 0) is 22.3 Å². The molecule has 4 rings (SSSR count). The van der Waals surface area contributed by atoms with Crippen LogP contribution in [0.25, 0.3) is 10.2 Å². The van der Waals surface area contributed by atoms with Gasteiger partial charge in [-0.15, -0.1) is 11.3 Å². The number of nitrogens with one attached hydrogen (secondary N) is 1. The lowest BCUT2D eigenvalue weighted by Crippen LogP contribution is -2.26. The normalized spacial score (nSPS) is 22.2. The largest absolute Gasteiger partial charge is 0.379 e. The number of ether oxygens (including phenoxy) is 2. The zero-order chi connectivity index (χ0) is 15.6. The van der Waals surface area contributed by atoms with E-state index in [9.17, 15) is 0 Å². The molecule has 2 aromatic rings. The molecule has 2 unspecified atom stereocenters. The van der Waals surface area contributed by atoms with Crippen molar-refractivity contribution in [1.82, 2.24) is 9.97 Å². The molecule has 0 amide bonds. The van der Waals surface area contributed by atoms with E-state index >= 15 is 0 Å². The molecule has 23 heavy (non-hydrogen) atoms. The van der Waals surface area contributed by atoms with Crippen LogP contribution in [-0.4, -0.2) is 41.9 Å². The Morgan fingerprint density at radius 3 is 3.17 bits per heavy atom. The van der Waals surface area contributed by atoms with Crippen molar-refractivity contribution >= 4 is 27.4 Å². The minimum absolute atomic E-state index is 0.216. The number of hydrogen-bond acceptors (Lipinski definition) is 6. The van der Waals surface area contributed by atoms with Crippen molar-refractivity contribution in [3.8, 4) is 0 Å². The average molecular weight is 333 g/mol. The summed E-state index contributed by atoms with van der Waals surface area (Å²) in [4.78, 5) is 11.6. The Balaban J connectivity index is 1.50. The zero-order valence-electron chi connectivity index (χ0n) is 13.5. The average Bonchev–Trinajstić information content (AvgIpc) is 3.20. The van der Waals surface area contributed by atoms with E-state index in [2.05, 4.69) is 22.2 Å². The maximum Gasteiger partial charge on any atom is 0.138 e. The first kappa shape index (κ1) is 15.3. The minimum atomic E-state index is 0.216. The molecular weight excluding hydrogens is 310 g/mol. The van der Waals surface area contributed by atoms with Gasteiger partial charge in [0.1, 0.15) is 17.0 Å². The summed E-state index contributed by atoms with van der Waals surface area (Å²) < 4.78 is 11.3. The molecule has 0 aromatic carbocycles. The number of aromatic nitrogens is 2. The van der Waals surface area contributed by atoms with Crippen LogP contribution in [0.5, 0.6) is 0 Å². The summed E-state index contributed by atoms with van der Waals surface area (Å²) in [6, 6.07) is 0.216. The molecule has 6 heteroatoms. The zero-order valence-corrected chi connectivity index (χ0v) is 14.3. The molecule has 1 saturated heterocycles. The van der Waals surface area contributed by atoms with Gasteiger partial charge in [-0.25, -0.2) is 9.97 Å². The Morgan fingerprint density at radius 1 is 1.39 bits per heavy atom. The van der Waals surface area contributed by atoms with Gasteiger partial charge in [-0.2, -0.15) is 0 Å². The van der Waals surface area contributed by atoms with Crippen molar-refractivity contribution in [2.24, 2.45) is 0 Å². The van der Waals surface area contributed by atoms with E-state index in [0.29, 0.717) is 6.61 Å². The monoisotopic (exact) mass is 333 g/mol. The number of fused-ring (bicyclic) bond motifs is 3. The van der Waals surface area contributed by atoms with E-state index < -0.39 is 0 Å². The van der Waals surface area contributed by atoms with Crippen LogP contribution < -0.4 is 5.32 Å². The van der Waals surface area contributed by atoms with E-state index in [4.69, 9.17) is 9.47 Å². The van der Waals surface area contributed by atoms with Crippen LogP contribution in [0, 0.1) is 0 Å². The van der Waals surface area contributed by atoms with E-state index in [-0.39, 0.29) is 12.1 Å². The molecule has 1 fully saturated rings. The molecular formula is C17H23N3O2S. The molecule has 0 saturated carbocycles. The van der Waals surface area contributed by atoms with Gasteiger partial charge >= 0.3 is 0 Å². The molecule has 0 bridgehead atoms. The second-order valence-electron chi connectivity index (χ2n) is 6.48. The van der Waals surface area contributed by atoms with Gasteiger partial charge in [-0.1, -0.05) is 0 Å². The lowest BCUT2D eigenvalue weighted by Gasteiger charge is -2.18. The fourth-order valence-electron chi connectivity index (χ4n) is 3.40. The number of rotatable bonds is 5. The van der Waals surface area contributed by atoms with Crippen LogP contribution >= 0.6 is 11.3 Å². The second kappa shape index (κ2) is 6.71. The summed E-state index contributed by atoms with van der Waals surface area (Å²) in [5.74, 6) is 0.966. The summed E-state index contributed by atoms with van der Waals surface area (Å²) in [5.41, 5.74) is 1.47. The van der Waals surface area contributed by atoms with Crippen LogP contribution in [0.3, 0.4) is 0 Å². The second-order valence-corrected chi connectivity index (χ2v) is 7.56. The molecule has 5 nitrogen and oxygen atoms in total. The van der Waals surface area contributed by atoms with Gasteiger partial charge in [-0.3, -0.25) is 0 Å². The summed E-state index contributed by atoms with van der Waals surface area (Å²) in [6.07, 6.45) is 7.83. The first-order valence-corrected chi connectivity index (χ1v) is 9.34. The number of aryl methyl sites for hydroxylation is 2. The lowest BCUT2D eigenvalue weighted by molar-refractivity contribution is 0.0395. The van der Waals surface area contributed by atoms with Gasteiger partial charge in [0.05, 0.1) is 24.7 Å². The first-order chi connectivity index (χ1) is 11.3. The third-order valence-corrected chi connectivity index (χ3v) is 5.80. The predicted octanol–water partition coefficient (Wildman–Crippen LogP) is 3.18. The standard InChI is InChI=1S/C17H23N3O2S/c1-11(8-22-12-6-7-21-9-12)20-16-15-13-4-2-3-5-14(13)23-17(15)19-10-18-16/h10-12H,2-9H2,1H3,(H,18,19,20). The van der Waals surface area contributed by atoms with Crippen molar-refractivity contribution < 1.29 is 9.47 Å². The molecule has 0 spiro atoms. The third kappa shape index (κ3) is 3.20. The number of nitrogens with zero attached hydrogens (tertiary/aromatic N) is 2. The fraction of sp³-hybridized carbons (Fsp3) is 0.647. The van der Waals surface area contributed by atoms with Crippen LogP contribution in [0.15, 0.2) is 6.33 Å². The van der Waals surface area contributed by atoms with E-state index in [1.807, 2.05) is 11.3 Å². The number of hydrogen-bond donors (Lipinski definition) is 1. The molecule has 1 N–H and O–H groups in total. The first-order valence-electron chi connectivity index (χ1n) is 8.52. The molecule has 2 aromatic heterocycles. The van der Waals surface area contributed by atoms with Gasteiger partial charge in [-0.05, 0) is 44.6 Å². The fourth-order valence-corrected chi connectivity index (χ4v) is 4.63. The van der Waals surface area contributed by atoms with Crippen molar-refractivity contribution in [2.75, 3.05) is 25.1 Å². The van der Waals surface area contributed by atoms with Gasteiger partial charge in [0.2, 0.25) is 0 Å². The maximum absolute atomic E-state index is 5.91. The van der Waals surface area contributed by atoms with E-state index in [1.54, 1.807) is 6.33 Å². The van der Waals surface area contributed by atoms with Gasteiger partial charge in [0, 0.05) is 17.5 Å². The maximum atomic E-state index is 5.91. The Hall–Kier alpha value is -1.24.